The van der Waals surface area contributed by atoms with Gasteiger partial charge in [0.1, 0.15) is 5.60 Å². The number of nitrogens with one attached hydrogen (secondary N) is 2. The van der Waals surface area contributed by atoms with Gasteiger partial charge in [0.25, 0.3) is 0 Å². The van der Waals surface area contributed by atoms with Crippen molar-refractivity contribution in [2.24, 2.45) is 5.92 Å². The maximum atomic E-state index is 12.2. The Morgan fingerprint density at radius 1 is 1.37 bits per heavy atom. The molecule has 1 fully saturated rings. The van der Waals surface area contributed by atoms with Crippen LogP contribution in [0.2, 0.25) is 0 Å². The van der Waals surface area contributed by atoms with Crippen LogP contribution in [0, 0.1) is 9.49 Å². The third-order valence-electron chi connectivity index (χ3n) is 4.65. The summed E-state index contributed by atoms with van der Waals surface area (Å²) < 4.78 is 6.63. The molecular weight excluding hydrogens is 495 g/mol. The van der Waals surface area contributed by atoms with Crippen LogP contribution in [0.3, 0.4) is 0 Å². The molecule has 4 N–H and O–H groups in total. The van der Waals surface area contributed by atoms with Gasteiger partial charge in [-0.2, -0.15) is 4.98 Å². The minimum atomic E-state index is -0.480. The summed E-state index contributed by atoms with van der Waals surface area (Å²) in [4.78, 5) is 22.8. The SMILES string of the molecule is CC(C)(C)OC(=O)N1CCC(CNc2ncc(N)c(NCc3cccc(I)c3)n2)C1. The molecule has 1 aliphatic heterocycles. The maximum Gasteiger partial charge on any atom is 0.410 e. The molecule has 2 aromatic rings. The van der Waals surface area contributed by atoms with Crippen molar-refractivity contribution in [2.45, 2.75) is 39.3 Å². The fraction of sp³-hybridized carbons (Fsp3) is 0.476. The second kappa shape index (κ2) is 9.67. The first kappa shape index (κ1) is 22.4. The van der Waals surface area contributed by atoms with Crippen molar-refractivity contribution < 1.29 is 9.53 Å². The Kier molecular flexibility index (Phi) is 7.22. The van der Waals surface area contributed by atoms with E-state index in [0.717, 1.165) is 12.0 Å². The highest BCUT2D eigenvalue weighted by atomic mass is 127. The molecule has 0 spiro atoms. The van der Waals surface area contributed by atoms with Crippen molar-refractivity contribution in [1.29, 1.82) is 0 Å². The first-order valence-corrected chi connectivity index (χ1v) is 11.1. The highest BCUT2D eigenvalue weighted by molar-refractivity contribution is 14.1. The van der Waals surface area contributed by atoms with Gasteiger partial charge in [-0.1, -0.05) is 12.1 Å². The standard InChI is InChI=1S/C21H29IN6O2/c1-21(2,3)30-20(29)28-8-7-15(13-28)11-25-19-26-12-17(23)18(27-19)24-10-14-5-4-6-16(22)9-14/h4-6,9,12,15H,7-8,10-11,13,23H2,1-3H3,(H2,24,25,26,27). The number of aromatic nitrogens is 2. The third kappa shape index (κ3) is 6.61. The van der Waals surface area contributed by atoms with Crippen LogP contribution in [-0.2, 0) is 11.3 Å². The van der Waals surface area contributed by atoms with E-state index in [1.165, 1.54) is 3.57 Å². The number of benzene rings is 1. The summed E-state index contributed by atoms with van der Waals surface area (Å²) in [6.07, 6.45) is 2.27. The Bertz CT molecular complexity index is 886. The number of likely N-dealkylation sites (tertiary alicyclic amines) is 1. The molecule has 162 valence electrons. The number of nitrogen functional groups attached to an aromatic ring is 1. The van der Waals surface area contributed by atoms with E-state index in [9.17, 15) is 4.79 Å². The summed E-state index contributed by atoms with van der Waals surface area (Å²) in [6, 6.07) is 8.25. The van der Waals surface area contributed by atoms with E-state index in [4.69, 9.17) is 10.5 Å². The molecule has 1 aromatic heterocycles. The van der Waals surface area contributed by atoms with Crippen LogP contribution in [0.5, 0.6) is 0 Å². The van der Waals surface area contributed by atoms with E-state index in [1.807, 2.05) is 26.8 Å². The largest absolute Gasteiger partial charge is 0.444 e. The van der Waals surface area contributed by atoms with Crippen molar-refractivity contribution >= 4 is 46.1 Å². The number of carbonyl (C=O) groups excluding carboxylic acids is 1. The molecule has 0 radical (unpaired) electrons. The number of hydrogen-bond donors (Lipinski definition) is 3. The van der Waals surface area contributed by atoms with Gasteiger partial charge in [0.2, 0.25) is 5.95 Å². The molecule has 1 amide bonds. The van der Waals surface area contributed by atoms with E-state index < -0.39 is 5.60 Å². The van der Waals surface area contributed by atoms with Crippen LogP contribution in [0.1, 0.15) is 32.8 Å². The van der Waals surface area contributed by atoms with E-state index in [1.54, 1.807) is 11.1 Å². The zero-order chi connectivity index (χ0) is 21.7. The zero-order valence-corrected chi connectivity index (χ0v) is 19.8. The number of ether oxygens (including phenoxy) is 1. The molecule has 0 aliphatic carbocycles. The quantitative estimate of drug-likeness (QED) is 0.492. The number of halogens is 1. The van der Waals surface area contributed by atoms with Crippen LogP contribution in [0.15, 0.2) is 30.5 Å². The predicted octanol–water partition coefficient (Wildman–Crippen LogP) is 3.94. The Labute approximate surface area is 191 Å². The molecule has 2 heterocycles. The van der Waals surface area contributed by atoms with Crippen LogP contribution in [0.25, 0.3) is 0 Å². The smallest absolute Gasteiger partial charge is 0.410 e. The lowest BCUT2D eigenvalue weighted by Crippen LogP contribution is -2.35. The van der Waals surface area contributed by atoms with E-state index in [2.05, 4.69) is 61.4 Å². The van der Waals surface area contributed by atoms with Crippen LogP contribution >= 0.6 is 22.6 Å². The Morgan fingerprint density at radius 2 is 2.17 bits per heavy atom. The van der Waals surface area contributed by atoms with Crippen LogP contribution in [-0.4, -0.2) is 46.2 Å². The number of anilines is 3. The molecule has 1 atom stereocenters. The molecule has 9 heteroatoms. The fourth-order valence-electron chi connectivity index (χ4n) is 3.18. The number of rotatable bonds is 6. The van der Waals surface area contributed by atoms with Gasteiger partial charge in [0, 0.05) is 29.7 Å². The number of amides is 1. The monoisotopic (exact) mass is 524 g/mol. The molecular formula is C21H29IN6O2. The van der Waals surface area contributed by atoms with Gasteiger partial charge >= 0.3 is 6.09 Å². The summed E-state index contributed by atoms with van der Waals surface area (Å²) in [5.74, 6) is 1.44. The van der Waals surface area contributed by atoms with Crippen molar-refractivity contribution in [3.8, 4) is 0 Å². The minimum Gasteiger partial charge on any atom is -0.444 e. The summed E-state index contributed by atoms with van der Waals surface area (Å²) >= 11 is 2.29. The highest BCUT2D eigenvalue weighted by Gasteiger charge is 2.29. The average Bonchev–Trinajstić information content (AvgIpc) is 3.14. The van der Waals surface area contributed by atoms with Gasteiger partial charge in [-0.15, -0.1) is 0 Å². The molecule has 1 aromatic carbocycles. The van der Waals surface area contributed by atoms with Gasteiger partial charge in [-0.25, -0.2) is 9.78 Å². The first-order valence-electron chi connectivity index (χ1n) is 10.0. The molecule has 3 rings (SSSR count). The Balaban J connectivity index is 1.51. The number of nitrogens with two attached hydrogens (primary N) is 1. The summed E-state index contributed by atoms with van der Waals surface area (Å²) in [5, 5.41) is 6.55. The molecule has 30 heavy (non-hydrogen) atoms. The molecule has 1 aliphatic rings. The van der Waals surface area contributed by atoms with E-state index >= 15 is 0 Å². The molecule has 0 bridgehead atoms. The van der Waals surface area contributed by atoms with E-state index in [-0.39, 0.29) is 6.09 Å². The molecule has 1 unspecified atom stereocenters. The number of carbonyl (C=O) groups is 1. The zero-order valence-electron chi connectivity index (χ0n) is 17.6. The summed E-state index contributed by atoms with van der Waals surface area (Å²) in [7, 11) is 0. The molecule has 0 saturated carbocycles. The van der Waals surface area contributed by atoms with Crippen LogP contribution < -0.4 is 16.4 Å². The van der Waals surface area contributed by atoms with Crippen molar-refractivity contribution in [1.82, 2.24) is 14.9 Å². The lowest BCUT2D eigenvalue weighted by atomic mass is 10.1. The summed E-state index contributed by atoms with van der Waals surface area (Å²) in [5.41, 5.74) is 7.21. The van der Waals surface area contributed by atoms with Gasteiger partial charge in [0.05, 0.1) is 11.9 Å². The maximum absolute atomic E-state index is 12.2. The average molecular weight is 524 g/mol. The number of hydrogen-bond acceptors (Lipinski definition) is 7. The fourth-order valence-corrected chi connectivity index (χ4v) is 3.79. The second-order valence-electron chi connectivity index (χ2n) is 8.44. The summed E-state index contributed by atoms with van der Waals surface area (Å²) in [6.45, 7) is 8.31. The van der Waals surface area contributed by atoms with Crippen molar-refractivity contribution in [3.05, 3.63) is 39.6 Å². The van der Waals surface area contributed by atoms with E-state index in [0.29, 0.717) is 49.6 Å². The normalized spacial score (nSPS) is 16.4. The van der Waals surface area contributed by atoms with Gasteiger partial charge in [-0.05, 0) is 73.4 Å². The van der Waals surface area contributed by atoms with Gasteiger partial charge in [0.15, 0.2) is 5.82 Å². The predicted molar refractivity (Wildman–Crippen MR) is 127 cm³/mol. The number of nitrogens with zero attached hydrogens (tertiary/aromatic N) is 3. The first-order chi connectivity index (χ1) is 14.2. The second-order valence-corrected chi connectivity index (χ2v) is 9.69. The van der Waals surface area contributed by atoms with Crippen molar-refractivity contribution in [2.75, 3.05) is 36.0 Å². The van der Waals surface area contributed by atoms with Gasteiger partial charge in [-0.3, -0.25) is 0 Å². The molecule has 1 saturated heterocycles. The lowest BCUT2D eigenvalue weighted by molar-refractivity contribution is 0.0289. The van der Waals surface area contributed by atoms with Crippen molar-refractivity contribution in [3.63, 3.8) is 0 Å². The highest BCUT2D eigenvalue weighted by Crippen LogP contribution is 2.21. The van der Waals surface area contributed by atoms with Crippen LogP contribution in [0.4, 0.5) is 22.2 Å². The topological polar surface area (TPSA) is 105 Å². The Hall–Kier alpha value is -2.30. The third-order valence-corrected chi connectivity index (χ3v) is 5.32. The van der Waals surface area contributed by atoms with Gasteiger partial charge < -0.3 is 26.0 Å². The molecule has 8 nitrogen and oxygen atoms in total. The lowest BCUT2D eigenvalue weighted by Gasteiger charge is -2.24. The minimum absolute atomic E-state index is 0.254. The Morgan fingerprint density at radius 3 is 2.90 bits per heavy atom.